The Hall–Kier alpha value is -2.30. The van der Waals surface area contributed by atoms with Gasteiger partial charge in [0.1, 0.15) is 5.82 Å². The minimum absolute atomic E-state index is 0.132. The Labute approximate surface area is 84.1 Å². The van der Waals surface area contributed by atoms with Crippen LogP contribution in [-0.4, -0.2) is 14.6 Å². The number of nitrogens with one attached hydrogen (secondary N) is 1. The first-order valence-corrected chi connectivity index (χ1v) is 4.52. The Morgan fingerprint density at radius 3 is 3.00 bits per heavy atom. The molecule has 0 atom stereocenters. The van der Waals surface area contributed by atoms with Gasteiger partial charge in [0.15, 0.2) is 5.65 Å². The molecule has 5 nitrogen and oxygen atoms in total. The molecule has 0 amide bonds. The smallest absolute Gasteiger partial charge is 0.280 e. The number of para-hydroxylation sites is 1. The predicted molar refractivity (Wildman–Crippen MR) is 57.7 cm³/mol. The summed E-state index contributed by atoms with van der Waals surface area (Å²) in [5, 5.41) is 3.32. The molecular formula is C10H8N4O. The first-order valence-electron chi connectivity index (χ1n) is 4.52. The van der Waals surface area contributed by atoms with E-state index in [0.717, 1.165) is 0 Å². The van der Waals surface area contributed by atoms with Crippen molar-refractivity contribution in [1.29, 1.82) is 0 Å². The third-order valence-electron chi connectivity index (χ3n) is 2.33. The molecule has 1 aromatic carbocycles. The van der Waals surface area contributed by atoms with Crippen molar-refractivity contribution in [3.05, 3.63) is 40.7 Å². The number of anilines is 1. The maximum absolute atomic E-state index is 11.9. The zero-order valence-electron chi connectivity index (χ0n) is 7.77. The van der Waals surface area contributed by atoms with Gasteiger partial charge < -0.3 is 5.73 Å². The number of H-pyrrole nitrogens is 1. The third-order valence-corrected chi connectivity index (χ3v) is 2.33. The normalized spacial score (nSPS) is 11.2. The quantitative estimate of drug-likeness (QED) is 0.562. The van der Waals surface area contributed by atoms with Crippen molar-refractivity contribution in [3.8, 4) is 0 Å². The molecule has 0 bridgehead atoms. The lowest BCUT2D eigenvalue weighted by Gasteiger charge is -1.96. The third kappa shape index (κ3) is 1.03. The van der Waals surface area contributed by atoms with Crippen LogP contribution in [0, 0.1) is 0 Å². The zero-order chi connectivity index (χ0) is 10.4. The molecule has 15 heavy (non-hydrogen) atoms. The van der Waals surface area contributed by atoms with Crippen molar-refractivity contribution in [2.24, 2.45) is 0 Å². The van der Waals surface area contributed by atoms with Gasteiger partial charge in [0.2, 0.25) is 0 Å². The standard InChI is InChI=1S/C10H8N4O/c11-8-5-9-12-7-4-2-1-3-6(7)10(15)14(9)13-8/h1-5,13H,11H2. The summed E-state index contributed by atoms with van der Waals surface area (Å²) in [6.45, 7) is 0. The van der Waals surface area contributed by atoms with E-state index in [9.17, 15) is 4.79 Å². The fourth-order valence-corrected chi connectivity index (χ4v) is 1.66. The van der Waals surface area contributed by atoms with Crippen LogP contribution in [0.5, 0.6) is 0 Å². The average Bonchev–Trinajstić information content (AvgIpc) is 2.59. The van der Waals surface area contributed by atoms with E-state index in [4.69, 9.17) is 5.73 Å². The van der Waals surface area contributed by atoms with E-state index in [-0.39, 0.29) is 5.56 Å². The summed E-state index contributed by atoms with van der Waals surface area (Å²) in [7, 11) is 0. The van der Waals surface area contributed by atoms with E-state index in [0.29, 0.717) is 22.4 Å². The molecule has 0 fully saturated rings. The van der Waals surface area contributed by atoms with Crippen LogP contribution in [0.2, 0.25) is 0 Å². The molecule has 0 aliphatic heterocycles. The first-order chi connectivity index (χ1) is 7.25. The molecular weight excluding hydrogens is 192 g/mol. The molecule has 2 aromatic heterocycles. The molecule has 74 valence electrons. The molecule has 0 aliphatic rings. The number of rotatable bonds is 0. The highest BCUT2D eigenvalue weighted by Gasteiger charge is 2.05. The highest BCUT2D eigenvalue weighted by Crippen LogP contribution is 2.09. The van der Waals surface area contributed by atoms with Crippen molar-refractivity contribution < 1.29 is 0 Å². The number of nitrogen functional groups attached to an aromatic ring is 1. The van der Waals surface area contributed by atoms with E-state index in [2.05, 4.69) is 10.1 Å². The van der Waals surface area contributed by atoms with Gasteiger partial charge >= 0.3 is 0 Å². The lowest BCUT2D eigenvalue weighted by Crippen LogP contribution is -2.15. The Balaban J connectivity index is 2.65. The summed E-state index contributed by atoms with van der Waals surface area (Å²) in [5.41, 5.74) is 6.65. The topological polar surface area (TPSA) is 76.2 Å². The number of nitrogens with two attached hydrogens (primary N) is 1. The van der Waals surface area contributed by atoms with Crippen LogP contribution < -0.4 is 11.3 Å². The Morgan fingerprint density at radius 2 is 2.13 bits per heavy atom. The second-order valence-electron chi connectivity index (χ2n) is 3.34. The monoisotopic (exact) mass is 200 g/mol. The first kappa shape index (κ1) is 8.05. The molecule has 0 saturated carbocycles. The van der Waals surface area contributed by atoms with Crippen molar-refractivity contribution in [3.63, 3.8) is 0 Å². The van der Waals surface area contributed by atoms with E-state index in [1.54, 1.807) is 18.2 Å². The minimum Gasteiger partial charge on any atom is -0.384 e. The highest BCUT2D eigenvalue weighted by molar-refractivity contribution is 5.79. The summed E-state index contributed by atoms with van der Waals surface area (Å²) in [5.74, 6) is 0.426. The lowest BCUT2D eigenvalue weighted by atomic mass is 10.2. The fraction of sp³-hybridized carbons (Fsp3) is 0. The second kappa shape index (κ2) is 2.60. The Kier molecular flexibility index (Phi) is 1.39. The number of aromatic amines is 1. The van der Waals surface area contributed by atoms with Gasteiger partial charge in [-0.2, -0.15) is 4.52 Å². The Morgan fingerprint density at radius 1 is 1.33 bits per heavy atom. The molecule has 3 N–H and O–H groups in total. The van der Waals surface area contributed by atoms with Gasteiger partial charge in [0.05, 0.1) is 10.9 Å². The summed E-state index contributed by atoms with van der Waals surface area (Å²) in [4.78, 5) is 16.2. The molecule has 2 heterocycles. The van der Waals surface area contributed by atoms with Crippen LogP contribution in [-0.2, 0) is 0 Å². The predicted octanol–water partition coefficient (Wildman–Crippen LogP) is 0.758. The number of nitrogens with zero attached hydrogens (tertiary/aromatic N) is 2. The van der Waals surface area contributed by atoms with Gasteiger partial charge in [-0.25, -0.2) is 4.98 Å². The highest BCUT2D eigenvalue weighted by atomic mass is 16.1. The van der Waals surface area contributed by atoms with Crippen molar-refractivity contribution in [2.75, 3.05) is 5.73 Å². The second-order valence-corrected chi connectivity index (χ2v) is 3.34. The van der Waals surface area contributed by atoms with Crippen molar-refractivity contribution in [2.45, 2.75) is 0 Å². The molecule has 0 aliphatic carbocycles. The number of aromatic nitrogens is 3. The Bertz CT molecular complexity index is 710. The molecule has 0 radical (unpaired) electrons. The summed E-state index contributed by atoms with van der Waals surface area (Å²) >= 11 is 0. The van der Waals surface area contributed by atoms with E-state index >= 15 is 0 Å². The van der Waals surface area contributed by atoms with Gasteiger partial charge in [-0.1, -0.05) is 12.1 Å². The van der Waals surface area contributed by atoms with E-state index < -0.39 is 0 Å². The largest absolute Gasteiger partial charge is 0.384 e. The molecule has 0 saturated heterocycles. The van der Waals surface area contributed by atoms with Crippen molar-refractivity contribution in [1.82, 2.24) is 14.6 Å². The molecule has 3 aromatic rings. The summed E-state index contributed by atoms with van der Waals surface area (Å²) < 4.78 is 1.34. The average molecular weight is 200 g/mol. The fourth-order valence-electron chi connectivity index (χ4n) is 1.66. The van der Waals surface area contributed by atoms with Crippen LogP contribution in [0.15, 0.2) is 35.1 Å². The van der Waals surface area contributed by atoms with Crippen LogP contribution in [0.25, 0.3) is 16.6 Å². The van der Waals surface area contributed by atoms with Gasteiger partial charge in [-0.15, -0.1) is 0 Å². The number of benzene rings is 1. The van der Waals surface area contributed by atoms with E-state index in [1.165, 1.54) is 4.52 Å². The zero-order valence-corrected chi connectivity index (χ0v) is 7.77. The molecule has 0 spiro atoms. The number of hydrogen-bond acceptors (Lipinski definition) is 3. The summed E-state index contributed by atoms with van der Waals surface area (Å²) in [6, 6.07) is 8.84. The van der Waals surface area contributed by atoms with Crippen LogP contribution in [0.4, 0.5) is 5.82 Å². The van der Waals surface area contributed by atoms with Crippen LogP contribution in [0.1, 0.15) is 0 Å². The van der Waals surface area contributed by atoms with Gasteiger partial charge in [0, 0.05) is 6.07 Å². The molecule has 5 heteroatoms. The minimum atomic E-state index is -0.132. The lowest BCUT2D eigenvalue weighted by molar-refractivity contribution is 0.921. The molecule has 0 unspecified atom stereocenters. The SMILES string of the molecule is Nc1cc2nc3ccccc3c(=O)n2[nH]1. The summed E-state index contributed by atoms with van der Waals surface area (Å²) in [6.07, 6.45) is 0. The molecule has 3 rings (SSSR count). The van der Waals surface area contributed by atoms with Crippen LogP contribution in [0.3, 0.4) is 0 Å². The van der Waals surface area contributed by atoms with Crippen LogP contribution >= 0.6 is 0 Å². The van der Waals surface area contributed by atoms with Gasteiger partial charge in [-0.3, -0.25) is 9.89 Å². The van der Waals surface area contributed by atoms with Gasteiger partial charge in [-0.05, 0) is 12.1 Å². The van der Waals surface area contributed by atoms with Gasteiger partial charge in [0.25, 0.3) is 5.56 Å². The maximum Gasteiger partial charge on any atom is 0.280 e. The van der Waals surface area contributed by atoms with E-state index in [1.807, 2.05) is 12.1 Å². The number of fused-ring (bicyclic) bond motifs is 2. The number of hydrogen-bond donors (Lipinski definition) is 2. The maximum atomic E-state index is 11.9. The van der Waals surface area contributed by atoms with Crippen molar-refractivity contribution >= 4 is 22.4 Å².